The van der Waals surface area contributed by atoms with Crippen LogP contribution in [0.3, 0.4) is 0 Å². The Kier molecular flexibility index (Phi) is 4.76. The average Bonchev–Trinajstić information content (AvgIpc) is 3.62. The van der Waals surface area contributed by atoms with E-state index in [1.165, 1.54) is 33.8 Å². The first-order chi connectivity index (χ1) is 17.0. The molecular formula is C26H30N8S. The number of pyridine rings is 1. The highest BCUT2D eigenvalue weighted by atomic mass is 32.2. The molecule has 4 aromatic heterocycles. The molecule has 2 aliphatic heterocycles. The van der Waals surface area contributed by atoms with Crippen LogP contribution >= 0.6 is 11.8 Å². The lowest BCUT2D eigenvalue weighted by Gasteiger charge is -2.42. The summed E-state index contributed by atoms with van der Waals surface area (Å²) >= 11 is 1.71. The number of hydrogen-bond acceptors (Lipinski definition) is 7. The topological polar surface area (TPSA) is 90.2 Å². The fourth-order valence-electron chi connectivity index (χ4n) is 6.30. The molecule has 1 fully saturated rings. The fraction of sp³-hybridized carbons (Fsp3) is 0.462. The minimum atomic E-state index is 0.0905. The molecule has 4 aromatic rings. The predicted molar refractivity (Wildman–Crippen MR) is 136 cm³/mol. The molecule has 7 rings (SSSR count). The second-order valence-corrected chi connectivity index (χ2v) is 11.4. The van der Waals surface area contributed by atoms with Crippen molar-refractivity contribution in [1.29, 1.82) is 0 Å². The summed E-state index contributed by atoms with van der Waals surface area (Å²) in [5, 5.41) is 5.99. The molecule has 1 saturated heterocycles. The summed E-state index contributed by atoms with van der Waals surface area (Å²) in [6.45, 7) is 7.02. The van der Waals surface area contributed by atoms with Crippen LogP contribution in [0.4, 0.5) is 5.82 Å². The number of hydrogen-bond donors (Lipinski definition) is 1. The molecule has 6 heterocycles. The number of piperidine rings is 1. The van der Waals surface area contributed by atoms with Gasteiger partial charge in [-0.3, -0.25) is 14.1 Å². The van der Waals surface area contributed by atoms with Crippen molar-refractivity contribution in [3.05, 3.63) is 59.2 Å². The number of nitrogens with two attached hydrogens (primary N) is 1. The minimum Gasteiger partial charge on any atom is -0.355 e. The first-order valence-electron chi connectivity index (χ1n) is 12.5. The summed E-state index contributed by atoms with van der Waals surface area (Å²) < 4.78 is 4.40. The Hall–Kier alpha value is -2.91. The number of rotatable bonds is 3. The molecule has 9 heteroatoms. The molecule has 0 bridgehead atoms. The summed E-state index contributed by atoms with van der Waals surface area (Å²) in [6, 6.07) is 2.16. The molecule has 1 atom stereocenters. The summed E-state index contributed by atoms with van der Waals surface area (Å²) in [6.07, 6.45) is 13.3. The van der Waals surface area contributed by atoms with E-state index in [-0.39, 0.29) is 11.5 Å². The lowest BCUT2D eigenvalue weighted by Crippen LogP contribution is -2.45. The van der Waals surface area contributed by atoms with E-state index in [0.717, 1.165) is 67.4 Å². The quantitative estimate of drug-likeness (QED) is 0.470. The van der Waals surface area contributed by atoms with Crippen molar-refractivity contribution < 1.29 is 0 Å². The van der Waals surface area contributed by atoms with E-state index in [4.69, 9.17) is 15.8 Å². The van der Waals surface area contributed by atoms with Gasteiger partial charge in [0, 0.05) is 41.8 Å². The van der Waals surface area contributed by atoms with Crippen molar-refractivity contribution >= 4 is 23.1 Å². The highest BCUT2D eigenvalue weighted by Gasteiger charge is 2.49. The van der Waals surface area contributed by atoms with Crippen LogP contribution in [0.5, 0.6) is 0 Å². The van der Waals surface area contributed by atoms with E-state index in [0.29, 0.717) is 0 Å². The van der Waals surface area contributed by atoms with E-state index >= 15 is 0 Å². The number of aryl methyl sites for hydroxylation is 2. The highest BCUT2D eigenvalue weighted by molar-refractivity contribution is 7.99. The van der Waals surface area contributed by atoms with E-state index in [1.807, 2.05) is 31.8 Å². The summed E-state index contributed by atoms with van der Waals surface area (Å²) in [5.41, 5.74) is 14.4. The van der Waals surface area contributed by atoms with Crippen LogP contribution in [-0.2, 0) is 19.4 Å². The molecule has 35 heavy (non-hydrogen) atoms. The number of nitrogens with zero attached hydrogens (tertiary/aromatic N) is 7. The van der Waals surface area contributed by atoms with E-state index in [1.54, 1.807) is 11.8 Å². The zero-order valence-corrected chi connectivity index (χ0v) is 21.1. The van der Waals surface area contributed by atoms with Crippen molar-refractivity contribution in [3.63, 3.8) is 0 Å². The van der Waals surface area contributed by atoms with Crippen molar-refractivity contribution in [3.8, 4) is 0 Å². The standard InChI is InChI=1S/C26H30N8S/c1-16-17(2)29-9-6-21(16)35-22-13-30-25(20-12-28-15-33(20)22)32-10-7-26(8-11-32)14-34-23(24(26)27)18-4-3-5-19(18)31-34/h6,9,12-13,15,24H,3-5,7-8,10-11,14,27H2,1-2H3/t24-/m1/s1. The maximum absolute atomic E-state index is 6.93. The average molecular weight is 487 g/mol. The molecule has 0 unspecified atom stereocenters. The monoisotopic (exact) mass is 486 g/mol. The van der Waals surface area contributed by atoms with Gasteiger partial charge in [-0.2, -0.15) is 5.10 Å². The first kappa shape index (κ1) is 21.4. The van der Waals surface area contributed by atoms with Gasteiger partial charge in [-0.25, -0.2) is 9.97 Å². The van der Waals surface area contributed by atoms with Crippen LogP contribution in [0.15, 0.2) is 40.9 Å². The smallest absolute Gasteiger partial charge is 0.154 e. The molecule has 0 radical (unpaired) electrons. The van der Waals surface area contributed by atoms with Crippen molar-refractivity contribution in [2.45, 2.75) is 68.5 Å². The van der Waals surface area contributed by atoms with Crippen molar-refractivity contribution in [2.75, 3.05) is 18.0 Å². The van der Waals surface area contributed by atoms with Crippen molar-refractivity contribution in [2.24, 2.45) is 11.1 Å². The van der Waals surface area contributed by atoms with Gasteiger partial charge in [0.2, 0.25) is 0 Å². The van der Waals surface area contributed by atoms with Gasteiger partial charge in [0.15, 0.2) is 5.82 Å². The Bertz CT molecular complexity index is 1450. The van der Waals surface area contributed by atoms with Gasteiger partial charge in [-0.1, -0.05) is 11.8 Å². The predicted octanol–water partition coefficient (Wildman–Crippen LogP) is 3.88. The molecule has 0 aromatic carbocycles. The Balaban J connectivity index is 1.13. The molecule has 2 N–H and O–H groups in total. The van der Waals surface area contributed by atoms with Gasteiger partial charge in [-0.05, 0) is 63.1 Å². The Morgan fingerprint density at radius 2 is 1.97 bits per heavy atom. The largest absolute Gasteiger partial charge is 0.355 e. The van der Waals surface area contributed by atoms with E-state index < -0.39 is 0 Å². The Morgan fingerprint density at radius 1 is 1.11 bits per heavy atom. The number of fused-ring (bicyclic) bond motifs is 4. The molecule has 3 aliphatic rings. The maximum Gasteiger partial charge on any atom is 0.154 e. The fourth-order valence-corrected chi connectivity index (χ4v) is 7.30. The summed E-state index contributed by atoms with van der Waals surface area (Å²) in [7, 11) is 0. The van der Waals surface area contributed by atoms with Crippen LogP contribution in [0, 0.1) is 19.3 Å². The lowest BCUT2D eigenvalue weighted by atomic mass is 9.73. The second kappa shape index (κ2) is 7.80. The number of aromatic nitrogens is 6. The molecular weight excluding hydrogens is 456 g/mol. The Labute approximate surface area is 209 Å². The zero-order chi connectivity index (χ0) is 23.7. The first-order valence-corrected chi connectivity index (χ1v) is 13.4. The van der Waals surface area contributed by atoms with Crippen LogP contribution in [0.1, 0.15) is 53.5 Å². The third-order valence-corrected chi connectivity index (χ3v) is 9.69. The van der Waals surface area contributed by atoms with Gasteiger partial charge in [0.25, 0.3) is 0 Å². The lowest BCUT2D eigenvalue weighted by molar-refractivity contribution is 0.170. The van der Waals surface area contributed by atoms with Crippen LogP contribution in [-0.4, -0.2) is 42.2 Å². The SMILES string of the molecule is Cc1nccc(Sc2cnc(N3CCC4(CC3)Cn3nc5c(c3[C@H]4N)CCC5)c3cncn23)c1C. The molecule has 0 saturated carbocycles. The number of imidazole rings is 1. The molecule has 0 amide bonds. The van der Waals surface area contributed by atoms with Gasteiger partial charge in [0.1, 0.15) is 16.9 Å². The van der Waals surface area contributed by atoms with Crippen LogP contribution in [0.2, 0.25) is 0 Å². The van der Waals surface area contributed by atoms with Crippen LogP contribution < -0.4 is 10.6 Å². The minimum absolute atomic E-state index is 0.0905. The van der Waals surface area contributed by atoms with E-state index in [9.17, 15) is 0 Å². The molecule has 180 valence electrons. The van der Waals surface area contributed by atoms with Crippen LogP contribution in [0.25, 0.3) is 5.52 Å². The third-order valence-electron chi connectivity index (χ3n) is 8.52. The highest BCUT2D eigenvalue weighted by Crippen LogP contribution is 2.50. The molecule has 1 spiro atoms. The molecule has 1 aliphatic carbocycles. The van der Waals surface area contributed by atoms with Gasteiger partial charge >= 0.3 is 0 Å². The summed E-state index contributed by atoms with van der Waals surface area (Å²) in [5.74, 6) is 1.01. The normalized spacial score (nSPS) is 20.7. The van der Waals surface area contributed by atoms with Gasteiger partial charge in [0.05, 0.1) is 29.8 Å². The molecule has 8 nitrogen and oxygen atoms in total. The Morgan fingerprint density at radius 3 is 2.83 bits per heavy atom. The maximum atomic E-state index is 6.93. The van der Waals surface area contributed by atoms with Gasteiger partial charge < -0.3 is 10.6 Å². The van der Waals surface area contributed by atoms with Gasteiger partial charge in [-0.15, -0.1) is 0 Å². The summed E-state index contributed by atoms with van der Waals surface area (Å²) in [4.78, 5) is 17.4. The van der Waals surface area contributed by atoms with E-state index in [2.05, 4.69) is 36.9 Å². The number of anilines is 1. The zero-order valence-electron chi connectivity index (χ0n) is 20.2. The second-order valence-electron chi connectivity index (χ2n) is 10.3. The third kappa shape index (κ3) is 3.17. The van der Waals surface area contributed by atoms with Crippen molar-refractivity contribution in [1.82, 2.24) is 29.1 Å².